The molecule has 1 aromatic carbocycles. The second kappa shape index (κ2) is 7.36. The van der Waals surface area contributed by atoms with Crippen molar-refractivity contribution in [1.82, 2.24) is 20.3 Å². The summed E-state index contributed by atoms with van der Waals surface area (Å²) >= 11 is 0. The summed E-state index contributed by atoms with van der Waals surface area (Å²) in [5.74, 6) is 0. The van der Waals surface area contributed by atoms with Gasteiger partial charge in [-0.3, -0.25) is 0 Å². The summed E-state index contributed by atoms with van der Waals surface area (Å²) in [6, 6.07) is 6.80. The molecular formula is C17H26N4. The van der Waals surface area contributed by atoms with Crippen LogP contribution in [0.15, 0.2) is 24.4 Å². The highest BCUT2D eigenvalue weighted by atomic mass is 15.4. The van der Waals surface area contributed by atoms with Gasteiger partial charge >= 0.3 is 0 Å². The van der Waals surface area contributed by atoms with Crippen molar-refractivity contribution < 1.29 is 0 Å². The molecule has 2 aromatic rings. The van der Waals surface area contributed by atoms with E-state index in [1.54, 1.807) is 0 Å². The van der Waals surface area contributed by atoms with E-state index in [1.807, 2.05) is 10.9 Å². The molecule has 114 valence electrons. The van der Waals surface area contributed by atoms with Gasteiger partial charge in [-0.2, -0.15) is 0 Å². The van der Waals surface area contributed by atoms with Crippen LogP contribution in [0.25, 0.3) is 0 Å². The number of hydrogen-bond donors (Lipinski definition) is 1. The number of nitrogens with zero attached hydrogens (tertiary/aromatic N) is 3. The molecule has 1 atom stereocenters. The van der Waals surface area contributed by atoms with Crippen molar-refractivity contribution in [3.63, 3.8) is 0 Å². The van der Waals surface area contributed by atoms with Crippen molar-refractivity contribution in [3.05, 3.63) is 46.8 Å². The largest absolute Gasteiger partial charge is 0.305 e. The van der Waals surface area contributed by atoms with E-state index >= 15 is 0 Å². The number of aromatic nitrogens is 3. The van der Waals surface area contributed by atoms with E-state index in [9.17, 15) is 0 Å². The van der Waals surface area contributed by atoms with E-state index in [4.69, 9.17) is 0 Å². The molecule has 1 unspecified atom stereocenters. The fraction of sp³-hybridized carbons (Fsp3) is 0.529. The lowest BCUT2D eigenvalue weighted by molar-refractivity contribution is 0.503. The van der Waals surface area contributed by atoms with E-state index < -0.39 is 0 Å². The quantitative estimate of drug-likeness (QED) is 0.848. The van der Waals surface area contributed by atoms with Crippen LogP contribution in [0.4, 0.5) is 0 Å². The molecule has 1 heterocycles. The van der Waals surface area contributed by atoms with Crippen LogP contribution < -0.4 is 5.32 Å². The number of aryl methyl sites for hydroxylation is 3. The van der Waals surface area contributed by atoms with E-state index in [0.29, 0.717) is 0 Å². The van der Waals surface area contributed by atoms with Crippen LogP contribution in [0.2, 0.25) is 0 Å². The van der Waals surface area contributed by atoms with Crippen LogP contribution in [-0.2, 0) is 6.54 Å². The summed E-state index contributed by atoms with van der Waals surface area (Å²) < 4.78 is 2.02. The summed E-state index contributed by atoms with van der Waals surface area (Å²) in [6.07, 6.45) is 4.06. The van der Waals surface area contributed by atoms with Crippen molar-refractivity contribution in [3.8, 4) is 0 Å². The molecule has 0 saturated heterocycles. The summed E-state index contributed by atoms with van der Waals surface area (Å²) in [5, 5.41) is 12.0. The highest BCUT2D eigenvalue weighted by molar-refractivity contribution is 5.36. The molecule has 0 saturated carbocycles. The molecular weight excluding hydrogens is 260 g/mol. The molecule has 4 nitrogen and oxygen atoms in total. The Balaban J connectivity index is 2.39. The zero-order valence-electron chi connectivity index (χ0n) is 13.6. The third kappa shape index (κ3) is 3.70. The van der Waals surface area contributed by atoms with Gasteiger partial charge in [0, 0.05) is 6.54 Å². The minimum atomic E-state index is 0.159. The monoisotopic (exact) mass is 286 g/mol. The lowest BCUT2D eigenvalue weighted by Gasteiger charge is -2.22. The fourth-order valence-corrected chi connectivity index (χ4v) is 2.69. The minimum Gasteiger partial charge on any atom is -0.305 e. The Morgan fingerprint density at radius 1 is 1.19 bits per heavy atom. The smallest absolute Gasteiger partial charge is 0.0802 e. The van der Waals surface area contributed by atoms with Gasteiger partial charge in [0.15, 0.2) is 0 Å². The predicted octanol–water partition coefficient (Wildman–Crippen LogP) is 3.39. The molecule has 0 bridgehead atoms. The van der Waals surface area contributed by atoms with Crippen molar-refractivity contribution in [1.29, 1.82) is 0 Å². The lowest BCUT2D eigenvalue weighted by Crippen LogP contribution is -2.26. The zero-order chi connectivity index (χ0) is 15.2. The van der Waals surface area contributed by atoms with Crippen molar-refractivity contribution in [2.24, 2.45) is 0 Å². The Kier molecular flexibility index (Phi) is 5.51. The van der Waals surface area contributed by atoms with Crippen LogP contribution in [0.1, 0.15) is 55.1 Å². The first-order chi connectivity index (χ1) is 10.2. The van der Waals surface area contributed by atoms with Gasteiger partial charge in [-0.1, -0.05) is 42.8 Å². The number of nitrogens with one attached hydrogen (secondary N) is 1. The van der Waals surface area contributed by atoms with Gasteiger partial charge in [-0.15, -0.1) is 5.10 Å². The van der Waals surface area contributed by atoms with E-state index in [-0.39, 0.29) is 6.04 Å². The van der Waals surface area contributed by atoms with Crippen LogP contribution in [0.3, 0.4) is 0 Å². The molecule has 0 aliphatic heterocycles. The summed E-state index contributed by atoms with van der Waals surface area (Å²) in [6.45, 7) is 10.6. The molecule has 0 aliphatic carbocycles. The van der Waals surface area contributed by atoms with Crippen LogP contribution in [0.5, 0.6) is 0 Å². The summed E-state index contributed by atoms with van der Waals surface area (Å²) in [4.78, 5) is 0. The summed E-state index contributed by atoms with van der Waals surface area (Å²) in [7, 11) is 0. The highest BCUT2D eigenvalue weighted by Crippen LogP contribution is 2.25. The second-order valence-corrected chi connectivity index (χ2v) is 5.63. The maximum Gasteiger partial charge on any atom is 0.0802 e. The molecule has 1 N–H and O–H groups in total. The standard InChI is InChI=1S/C17H26N4/c1-5-9-18-17(15-8-7-13(3)11-14(15)4)16-12-19-20-21(16)10-6-2/h7-8,11-12,17-18H,5-6,9-10H2,1-4H3. The van der Waals surface area contributed by atoms with Crippen LogP contribution in [-0.4, -0.2) is 21.5 Å². The molecule has 2 rings (SSSR count). The molecule has 0 radical (unpaired) electrons. The molecule has 0 spiro atoms. The fourth-order valence-electron chi connectivity index (χ4n) is 2.69. The summed E-state index contributed by atoms with van der Waals surface area (Å²) in [5.41, 5.74) is 5.07. The first kappa shape index (κ1) is 15.7. The third-order valence-corrected chi connectivity index (χ3v) is 3.71. The Morgan fingerprint density at radius 3 is 2.67 bits per heavy atom. The molecule has 0 amide bonds. The van der Waals surface area contributed by atoms with E-state index in [0.717, 1.165) is 31.6 Å². The highest BCUT2D eigenvalue weighted by Gasteiger charge is 2.20. The Bertz CT molecular complexity index is 574. The first-order valence-corrected chi connectivity index (χ1v) is 7.86. The third-order valence-electron chi connectivity index (χ3n) is 3.71. The van der Waals surface area contributed by atoms with E-state index in [1.165, 1.54) is 16.7 Å². The molecule has 0 fully saturated rings. The van der Waals surface area contributed by atoms with Gasteiger partial charge in [0.05, 0.1) is 17.9 Å². The topological polar surface area (TPSA) is 42.7 Å². The molecule has 4 heteroatoms. The SMILES string of the molecule is CCCNC(c1ccc(C)cc1C)c1cnnn1CCC. The van der Waals surface area contributed by atoms with Gasteiger partial charge in [0.2, 0.25) is 0 Å². The van der Waals surface area contributed by atoms with Crippen LogP contribution in [0, 0.1) is 13.8 Å². The molecule has 21 heavy (non-hydrogen) atoms. The van der Waals surface area contributed by atoms with Gasteiger partial charge in [-0.25, -0.2) is 4.68 Å². The zero-order valence-corrected chi connectivity index (χ0v) is 13.6. The van der Waals surface area contributed by atoms with Crippen LogP contribution >= 0.6 is 0 Å². The lowest BCUT2D eigenvalue weighted by atomic mass is 9.97. The minimum absolute atomic E-state index is 0.159. The normalized spacial score (nSPS) is 12.6. The van der Waals surface area contributed by atoms with Gasteiger partial charge in [0.25, 0.3) is 0 Å². The van der Waals surface area contributed by atoms with Gasteiger partial charge < -0.3 is 5.32 Å². The number of hydrogen-bond acceptors (Lipinski definition) is 3. The average molecular weight is 286 g/mol. The molecule has 0 aliphatic rings. The van der Waals surface area contributed by atoms with Crippen molar-refractivity contribution >= 4 is 0 Å². The van der Waals surface area contributed by atoms with E-state index in [2.05, 4.69) is 61.5 Å². The Hall–Kier alpha value is -1.68. The van der Waals surface area contributed by atoms with Gasteiger partial charge in [0.1, 0.15) is 0 Å². The van der Waals surface area contributed by atoms with Gasteiger partial charge in [-0.05, 0) is 44.4 Å². The first-order valence-electron chi connectivity index (χ1n) is 7.86. The maximum atomic E-state index is 4.23. The predicted molar refractivity (Wildman–Crippen MR) is 86.4 cm³/mol. The number of rotatable bonds is 7. The molecule has 1 aromatic heterocycles. The second-order valence-electron chi connectivity index (χ2n) is 5.63. The Morgan fingerprint density at radius 2 is 2.00 bits per heavy atom. The maximum absolute atomic E-state index is 4.23. The Labute approximate surface area is 127 Å². The average Bonchev–Trinajstić information content (AvgIpc) is 2.90. The van der Waals surface area contributed by atoms with Crippen molar-refractivity contribution in [2.45, 2.75) is 53.1 Å². The van der Waals surface area contributed by atoms with Crippen molar-refractivity contribution in [2.75, 3.05) is 6.54 Å². The number of benzene rings is 1.